The highest BCUT2D eigenvalue weighted by atomic mass is 35.5. The highest BCUT2D eigenvalue weighted by Crippen LogP contribution is 2.35. The Morgan fingerprint density at radius 3 is 2.06 bits per heavy atom. The van der Waals surface area contributed by atoms with Crippen LogP contribution in [0.2, 0.25) is 0 Å². The minimum Gasteiger partial charge on any atom is -0.487 e. The number of aliphatic hydroxyl groups excluding tert-OH is 2. The van der Waals surface area contributed by atoms with Gasteiger partial charge in [-0.3, -0.25) is 0 Å². The highest BCUT2D eigenvalue weighted by Gasteiger charge is 2.10. The van der Waals surface area contributed by atoms with Crippen LogP contribution in [-0.2, 0) is 0 Å². The van der Waals surface area contributed by atoms with Crippen LogP contribution in [-0.4, -0.2) is 36.6 Å². The summed E-state index contributed by atoms with van der Waals surface area (Å²) in [5.41, 5.74) is 12.1. The lowest BCUT2D eigenvalue weighted by Gasteiger charge is -2.14. The van der Waals surface area contributed by atoms with Gasteiger partial charge in [0.25, 0.3) is 0 Å². The van der Waals surface area contributed by atoms with Crippen molar-refractivity contribution in [3.63, 3.8) is 0 Å². The Labute approximate surface area is 118 Å². The molecule has 0 spiro atoms. The maximum absolute atomic E-state index is 8.67. The Morgan fingerprint density at radius 1 is 0.944 bits per heavy atom. The van der Waals surface area contributed by atoms with Crippen LogP contribution in [0.5, 0.6) is 11.5 Å². The summed E-state index contributed by atoms with van der Waals surface area (Å²) in [4.78, 5) is 0. The quantitative estimate of drug-likeness (QED) is 0.567. The van der Waals surface area contributed by atoms with Crippen molar-refractivity contribution in [1.82, 2.24) is 0 Å². The molecule has 6 nitrogen and oxygen atoms in total. The number of aliphatic hydroxyl groups is 2. The fourth-order valence-corrected chi connectivity index (χ4v) is 1.21. The molecule has 0 atom stereocenters. The minimum atomic E-state index is -0.122. The summed E-state index contributed by atoms with van der Waals surface area (Å²) in [5, 5.41) is 17.3. The second-order valence-corrected chi connectivity index (χ2v) is 3.08. The van der Waals surface area contributed by atoms with E-state index in [0.29, 0.717) is 22.9 Å². The third kappa shape index (κ3) is 5.50. The summed E-state index contributed by atoms with van der Waals surface area (Å²) in [7, 11) is 0. The molecule has 0 aliphatic heterocycles. The smallest absolute Gasteiger partial charge is 0.184 e. The predicted molar refractivity (Wildman–Crippen MR) is 74.9 cm³/mol. The van der Waals surface area contributed by atoms with Gasteiger partial charge >= 0.3 is 0 Å². The monoisotopic (exact) mass is 300 g/mol. The first kappa shape index (κ1) is 19.3. The maximum atomic E-state index is 8.67. The zero-order valence-electron chi connectivity index (χ0n) is 9.67. The molecule has 0 bridgehead atoms. The van der Waals surface area contributed by atoms with Crippen molar-refractivity contribution in [3.05, 3.63) is 12.1 Å². The Balaban J connectivity index is 0. The SMILES string of the molecule is Cl.Cl.Nc1cc(N)c(OCCO)c(OCCO)c1. The number of hydrogen-bond donors (Lipinski definition) is 4. The van der Waals surface area contributed by atoms with Crippen molar-refractivity contribution < 1.29 is 19.7 Å². The van der Waals surface area contributed by atoms with E-state index in [2.05, 4.69) is 0 Å². The van der Waals surface area contributed by atoms with Crippen LogP contribution >= 0.6 is 24.8 Å². The number of ether oxygens (including phenoxy) is 2. The van der Waals surface area contributed by atoms with Crippen LogP contribution in [0.1, 0.15) is 0 Å². The van der Waals surface area contributed by atoms with Crippen LogP contribution in [0.3, 0.4) is 0 Å². The summed E-state index contributed by atoms with van der Waals surface area (Å²) < 4.78 is 10.5. The molecular weight excluding hydrogens is 283 g/mol. The van der Waals surface area contributed by atoms with Crippen LogP contribution in [0, 0.1) is 0 Å². The summed E-state index contributed by atoms with van der Waals surface area (Å²) in [5.74, 6) is 0.691. The molecule has 0 radical (unpaired) electrons. The standard InChI is InChI=1S/C10H16N2O4.2ClH/c11-7-5-8(12)10(16-4-2-14)9(6-7)15-3-1-13;;/h5-6,13-14H,1-4,11-12H2;2*1H. The molecule has 0 heterocycles. The van der Waals surface area contributed by atoms with Crippen LogP contribution in [0.25, 0.3) is 0 Å². The van der Waals surface area contributed by atoms with Gasteiger partial charge in [-0.05, 0) is 6.07 Å². The van der Waals surface area contributed by atoms with Crippen molar-refractivity contribution in [3.8, 4) is 11.5 Å². The first-order valence-electron chi connectivity index (χ1n) is 4.85. The van der Waals surface area contributed by atoms with Gasteiger partial charge in [0.2, 0.25) is 0 Å². The molecule has 0 unspecified atom stereocenters. The lowest BCUT2D eigenvalue weighted by molar-refractivity contribution is 0.179. The summed E-state index contributed by atoms with van der Waals surface area (Å²) in [6, 6.07) is 3.09. The third-order valence-electron chi connectivity index (χ3n) is 1.79. The molecular formula is C10H18Cl2N2O4. The number of benzene rings is 1. The van der Waals surface area contributed by atoms with E-state index >= 15 is 0 Å². The Hall–Kier alpha value is -1.08. The van der Waals surface area contributed by atoms with Crippen LogP contribution in [0.15, 0.2) is 12.1 Å². The van der Waals surface area contributed by atoms with Gasteiger partial charge in [-0.1, -0.05) is 0 Å². The zero-order chi connectivity index (χ0) is 12.0. The van der Waals surface area contributed by atoms with E-state index in [1.54, 1.807) is 12.1 Å². The number of anilines is 2. The van der Waals surface area contributed by atoms with Crippen molar-refractivity contribution >= 4 is 36.2 Å². The number of halogens is 2. The summed E-state index contributed by atoms with van der Waals surface area (Å²) >= 11 is 0. The van der Waals surface area contributed by atoms with Crippen LogP contribution < -0.4 is 20.9 Å². The molecule has 6 N–H and O–H groups in total. The van der Waals surface area contributed by atoms with Crippen molar-refractivity contribution in [2.45, 2.75) is 0 Å². The molecule has 0 aromatic heterocycles. The van der Waals surface area contributed by atoms with E-state index in [0.717, 1.165) is 0 Å². The first-order chi connectivity index (χ1) is 7.69. The summed E-state index contributed by atoms with van der Waals surface area (Å²) in [6.07, 6.45) is 0. The van der Waals surface area contributed by atoms with Crippen molar-refractivity contribution in [2.24, 2.45) is 0 Å². The van der Waals surface area contributed by atoms with E-state index in [1.807, 2.05) is 0 Å². The molecule has 1 aromatic rings. The van der Waals surface area contributed by atoms with Gasteiger partial charge in [-0.2, -0.15) is 0 Å². The van der Waals surface area contributed by atoms with E-state index in [9.17, 15) is 0 Å². The van der Waals surface area contributed by atoms with E-state index in [4.69, 9.17) is 31.2 Å². The van der Waals surface area contributed by atoms with Gasteiger partial charge in [0, 0.05) is 11.8 Å². The van der Waals surface area contributed by atoms with Gasteiger partial charge in [0.1, 0.15) is 13.2 Å². The van der Waals surface area contributed by atoms with E-state index in [-0.39, 0.29) is 51.2 Å². The van der Waals surface area contributed by atoms with Gasteiger partial charge < -0.3 is 31.2 Å². The molecule has 0 aliphatic rings. The van der Waals surface area contributed by atoms with Crippen LogP contribution in [0.4, 0.5) is 11.4 Å². The fraction of sp³-hybridized carbons (Fsp3) is 0.400. The van der Waals surface area contributed by atoms with E-state index in [1.165, 1.54) is 0 Å². The van der Waals surface area contributed by atoms with Gasteiger partial charge in [0.15, 0.2) is 11.5 Å². The molecule has 1 rings (SSSR count). The molecule has 0 saturated heterocycles. The molecule has 0 saturated carbocycles. The molecule has 0 amide bonds. The Bertz CT molecular complexity index is 353. The topological polar surface area (TPSA) is 111 Å². The maximum Gasteiger partial charge on any atom is 0.184 e. The number of rotatable bonds is 6. The molecule has 8 heteroatoms. The summed E-state index contributed by atoms with van der Waals surface area (Å²) in [6.45, 7) is -0.000613. The molecule has 18 heavy (non-hydrogen) atoms. The molecule has 0 aliphatic carbocycles. The Kier molecular flexibility index (Phi) is 10.6. The van der Waals surface area contributed by atoms with E-state index < -0.39 is 0 Å². The molecule has 1 aromatic carbocycles. The third-order valence-corrected chi connectivity index (χ3v) is 1.79. The predicted octanol–water partition coefficient (Wildman–Crippen LogP) is 0.437. The fourth-order valence-electron chi connectivity index (χ4n) is 1.21. The van der Waals surface area contributed by atoms with Gasteiger partial charge in [0.05, 0.1) is 18.9 Å². The average molecular weight is 301 g/mol. The van der Waals surface area contributed by atoms with Gasteiger partial charge in [-0.25, -0.2) is 0 Å². The first-order valence-corrected chi connectivity index (χ1v) is 4.85. The van der Waals surface area contributed by atoms with Crippen molar-refractivity contribution in [1.29, 1.82) is 0 Å². The zero-order valence-corrected chi connectivity index (χ0v) is 11.3. The second-order valence-electron chi connectivity index (χ2n) is 3.08. The van der Waals surface area contributed by atoms with Gasteiger partial charge in [-0.15, -0.1) is 24.8 Å². The lowest BCUT2D eigenvalue weighted by atomic mass is 10.2. The normalized spacial score (nSPS) is 9.00. The lowest BCUT2D eigenvalue weighted by Crippen LogP contribution is -2.08. The number of hydrogen-bond acceptors (Lipinski definition) is 6. The average Bonchev–Trinajstić information content (AvgIpc) is 2.24. The number of nitrogens with two attached hydrogens (primary N) is 2. The minimum absolute atomic E-state index is 0. The highest BCUT2D eigenvalue weighted by molar-refractivity contribution is 5.85. The largest absolute Gasteiger partial charge is 0.487 e. The van der Waals surface area contributed by atoms with Crippen molar-refractivity contribution in [2.75, 3.05) is 37.9 Å². The second kappa shape index (κ2) is 9.90. The Morgan fingerprint density at radius 2 is 1.50 bits per heavy atom. The molecule has 106 valence electrons. The number of nitrogen functional groups attached to an aromatic ring is 2. The molecule has 0 fully saturated rings.